The molecule has 7 heteroatoms. The van der Waals surface area contributed by atoms with Crippen molar-refractivity contribution in [2.45, 2.75) is 26.7 Å². The van der Waals surface area contributed by atoms with Crippen molar-refractivity contribution in [3.05, 3.63) is 64.7 Å². The van der Waals surface area contributed by atoms with E-state index in [1.54, 1.807) is 36.4 Å². The van der Waals surface area contributed by atoms with Crippen molar-refractivity contribution >= 4 is 35.0 Å². The summed E-state index contributed by atoms with van der Waals surface area (Å²) in [6, 6.07) is 14.0. The lowest BCUT2D eigenvalue weighted by molar-refractivity contribution is -0.124. The Balaban J connectivity index is 1.90. The first kappa shape index (κ1) is 22.4. The van der Waals surface area contributed by atoms with Crippen LogP contribution in [0.3, 0.4) is 0 Å². The molecule has 29 heavy (non-hydrogen) atoms. The van der Waals surface area contributed by atoms with Crippen LogP contribution in [0.4, 0.5) is 5.69 Å². The molecule has 0 aliphatic rings. The molecule has 0 heterocycles. The molecule has 0 spiro atoms. The fourth-order valence-corrected chi connectivity index (χ4v) is 2.85. The molecule has 2 N–H and O–H groups in total. The van der Waals surface area contributed by atoms with Gasteiger partial charge in [-0.15, -0.1) is 0 Å². The monoisotopic (exact) mass is 415 g/mol. The molecule has 0 atom stereocenters. The van der Waals surface area contributed by atoms with Gasteiger partial charge in [0.05, 0.1) is 13.1 Å². The second-order valence-corrected chi connectivity index (χ2v) is 7.22. The van der Waals surface area contributed by atoms with Gasteiger partial charge in [0.15, 0.2) is 0 Å². The lowest BCUT2D eigenvalue weighted by Crippen LogP contribution is -2.43. The van der Waals surface area contributed by atoms with Crippen LogP contribution in [0.25, 0.3) is 0 Å². The van der Waals surface area contributed by atoms with Crippen molar-refractivity contribution < 1.29 is 14.4 Å². The van der Waals surface area contributed by atoms with Crippen LogP contribution < -0.4 is 10.6 Å². The highest BCUT2D eigenvalue weighted by atomic mass is 35.5. The van der Waals surface area contributed by atoms with Crippen molar-refractivity contribution in [3.8, 4) is 0 Å². The Bertz CT molecular complexity index is 853. The maximum absolute atomic E-state index is 12.8. The normalized spacial score (nSPS) is 10.3. The van der Waals surface area contributed by atoms with E-state index in [2.05, 4.69) is 10.6 Å². The van der Waals surface area contributed by atoms with E-state index in [1.807, 2.05) is 26.0 Å². The number of carbonyl (C=O) groups is 3. The van der Waals surface area contributed by atoms with Crippen LogP contribution in [-0.2, 0) is 9.59 Å². The Labute approximate surface area is 176 Å². The molecule has 2 rings (SSSR count). The minimum Gasteiger partial charge on any atom is -0.345 e. The first-order chi connectivity index (χ1) is 13.9. The first-order valence-corrected chi connectivity index (χ1v) is 9.95. The van der Waals surface area contributed by atoms with Gasteiger partial charge >= 0.3 is 0 Å². The van der Waals surface area contributed by atoms with Crippen molar-refractivity contribution in [3.63, 3.8) is 0 Å². The predicted molar refractivity (Wildman–Crippen MR) is 115 cm³/mol. The number of benzene rings is 2. The highest BCUT2D eigenvalue weighted by molar-refractivity contribution is 6.31. The fraction of sp³-hybridized carbons (Fsp3) is 0.318. The van der Waals surface area contributed by atoms with Gasteiger partial charge in [-0.25, -0.2) is 0 Å². The molecule has 154 valence electrons. The van der Waals surface area contributed by atoms with Gasteiger partial charge in [-0.1, -0.05) is 48.7 Å². The van der Waals surface area contributed by atoms with Crippen molar-refractivity contribution in [2.24, 2.45) is 0 Å². The zero-order valence-electron chi connectivity index (χ0n) is 16.7. The van der Waals surface area contributed by atoms with Gasteiger partial charge in [-0.2, -0.15) is 0 Å². The Kier molecular flexibility index (Phi) is 8.68. The molecule has 0 saturated heterocycles. The average molecular weight is 416 g/mol. The van der Waals surface area contributed by atoms with E-state index in [4.69, 9.17) is 11.6 Å². The van der Waals surface area contributed by atoms with E-state index in [0.29, 0.717) is 22.8 Å². The summed E-state index contributed by atoms with van der Waals surface area (Å²) in [5.74, 6) is -0.987. The number of amides is 3. The van der Waals surface area contributed by atoms with Crippen LogP contribution in [0.2, 0.25) is 5.02 Å². The number of nitrogens with zero attached hydrogens (tertiary/aromatic N) is 1. The van der Waals surface area contributed by atoms with Gasteiger partial charge in [-0.05, 0) is 43.7 Å². The molecular formula is C22H26ClN3O3. The van der Waals surface area contributed by atoms with E-state index in [1.165, 1.54) is 4.90 Å². The van der Waals surface area contributed by atoms with Crippen LogP contribution >= 0.6 is 11.6 Å². The third-order valence-corrected chi connectivity index (χ3v) is 4.49. The van der Waals surface area contributed by atoms with Gasteiger partial charge in [0.1, 0.15) is 0 Å². The number of carbonyl (C=O) groups excluding carboxylic acids is 3. The van der Waals surface area contributed by atoms with Gasteiger partial charge in [0.2, 0.25) is 11.8 Å². The highest BCUT2D eigenvalue weighted by Crippen LogP contribution is 2.13. The summed E-state index contributed by atoms with van der Waals surface area (Å²) >= 11 is 5.97. The summed E-state index contributed by atoms with van der Waals surface area (Å²) in [6.07, 6.45) is 1.66. The summed E-state index contributed by atoms with van der Waals surface area (Å²) in [6.45, 7) is 4.13. The number of aryl methyl sites for hydroxylation is 1. The Hall–Kier alpha value is -2.86. The lowest BCUT2D eigenvalue weighted by Gasteiger charge is -2.22. The van der Waals surface area contributed by atoms with Gasteiger partial charge in [0.25, 0.3) is 5.91 Å². The molecule has 0 aliphatic heterocycles. The molecule has 2 aromatic rings. The zero-order valence-corrected chi connectivity index (χ0v) is 17.5. The molecule has 2 aromatic carbocycles. The maximum Gasteiger partial charge on any atom is 0.254 e. The lowest BCUT2D eigenvalue weighted by atomic mass is 10.2. The minimum atomic E-state index is -0.393. The van der Waals surface area contributed by atoms with Gasteiger partial charge in [0, 0.05) is 22.8 Å². The number of halogens is 1. The number of hydrogen-bond acceptors (Lipinski definition) is 3. The molecular weight excluding hydrogens is 390 g/mol. The van der Waals surface area contributed by atoms with E-state index in [9.17, 15) is 14.4 Å². The minimum absolute atomic E-state index is 0.122. The van der Waals surface area contributed by atoms with E-state index < -0.39 is 5.91 Å². The zero-order chi connectivity index (χ0) is 21.2. The molecule has 0 bridgehead atoms. The van der Waals surface area contributed by atoms with Crippen molar-refractivity contribution in [1.82, 2.24) is 10.2 Å². The Morgan fingerprint density at radius 3 is 2.41 bits per heavy atom. The number of anilines is 1. The van der Waals surface area contributed by atoms with E-state index in [-0.39, 0.29) is 24.9 Å². The van der Waals surface area contributed by atoms with Crippen molar-refractivity contribution in [2.75, 3.05) is 25.0 Å². The highest BCUT2D eigenvalue weighted by Gasteiger charge is 2.19. The number of unbranched alkanes of at least 4 members (excludes halogenated alkanes) is 1. The maximum atomic E-state index is 12.8. The Morgan fingerprint density at radius 1 is 1.03 bits per heavy atom. The number of rotatable bonds is 9. The fourth-order valence-electron chi connectivity index (χ4n) is 2.66. The molecule has 3 amide bonds. The smallest absolute Gasteiger partial charge is 0.254 e. The molecule has 0 aromatic heterocycles. The molecule has 0 saturated carbocycles. The van der Waals surface area contributed by atoms with E-state index in [0.717, 1.165) is 18.4 Å². The molecule has 0 unspecified atom stereocenters. The summed E-state index contributed by atoms with van der Waals surface area (Å²) in [4.78, 5) is 38.6. The van der Waals surface area contributed by atoms with Crippen LogP contribution in [0.5, 0.6) is 0 Å². The van der Waals surface area contributed by atoms with Crippen molar-refractivity contribution in [1.29, 1.82) is 0 Å². The Morgan fingerprint density at radius 2 is 1.76 bits per heavy atom. The third-order valence-electron chi connectivity index (χ3n) is 4.26. The number of hydrogen-bond donors (Lipinski definition) is 2. The molecule has 0 radical (unpaired) electrons. The van der Waals surface area contributed by atoms with Gasteiger partial charge in [-0.3, -0.25) is 14.4 Å². The SMILES string of the molecule is CCCCN(CC(=O)NCC(=O)Nc1ccc(C)cc1)C(=O)c1cccc(Cl)c1. The topological polar surface area (TPSA) is 78.5 Å². The summed E-state index contributed by atoms with van der Waals surface area (Å²) in [5.41, 5.74) is 2.18. The second-order valence-electron chi connectivity index (χ2n) is 6.78. The number of nitrogens with one attached hydrogen (secondary N) is 2. The van der Waals surface area contributed by atoms with Crippen LogP contribution in [0.1, 0.15) is 35.7 Å². The van der Waals surface area contributed by atoms with Crippen LogP contribution in [0.15, 0.2) is 48.5 Å². The first-order valence-electron chi connectivity index (χ1n) is 9.57. The summed E-state index contributed by atoms with van der Waals surface area (Å²) in [5, 5.41) is 5.75. The largest absolute Gasteiger partial charge is 0.345 e. The van der Waals surface area contributed by atoms with Crippen LogP contribution in [0, 0.1) is 6.92 Å². The molecule has 0 aliphatic carbocycles. The quantitative estimate of drug-likeness (QED) is 0.656. The summed E-state index contributed by atoms with van der Waals surface area (Å²) in [7, 11) is 0. The van der Waals surface area contributed by atoms with E-state index >= 15 is 0 Å². The summed E-state index contributed by atoms with van der Waals surface area (Å²) < 4.78 is 0. The van der Waals surface area contributed by atoms with Crippen LogP contribution in [-0.4, -0.2) is 42.3 Å². The predicted octanol–water partition coefficient (Wildman–Crippen LogP) is 3.65. The molecule has 6 nitrogen and oxygen atoms in total. The average Bonchev–Trinajstić information content (AvgIpc) is 2.70. The molecule has 0 fully saturated rings. The standard InChI is InChI=1S/C22H26ClN3O3/c1-3-4-12-26(22(29)17-6-5-7-18(23)13-17)15-21(28)24-14-20(27)25-19-10-8-16(2)9-11-19/h5-11,13H,3-4,12,14-15H2,1-2H3,(H,24,28)(H,25,27). The third kappa shape index (κ3) is 7.58. The van der Waals surface area contributed by atoms with Gasteiger partial charge < -0.3 is 15.5 Å². The second kappa shape index (κ2) is 11.2.